The topological polar surface area (TPSA) is 24.9 Å². The summed E-state index contributed by atoms with van der Waals surface area (Å²) in [6, 6.07) is 4.79. The first-order valence-corrected chi connectivity index (χ1v) is 8.97. The molecule has 2 nitrogen and oxygen atoms in total. The van der Waals surface area contributed by atoms with Crippen molar-refractivity contribution in [3.05, 3.63) is 29.6 Å². The van der Waals surface area contributed by atoms with E-state index in [9.17, 15) is 0 Å². The second-order valence-corrected chi connectivity index (χ2v) is 6.34. The van der Waals surface area contributed by atoms with E-state index in [4.69, 9.17) is 0 Å². The molecule has 0 saturated carbocycles. The van der Waals surface area contributed by atoms with Gasteiger partial charge in [0.05, 0.1) is 5.69 Å². The van der Waals surface area contributed by atoms with Gasteiger partial charge in [-0.2, -0.15) is 11.8 Å². The minimum Gasteiger partial charge on any atom is -0.309 e. The second-order valence-electron chi connectivity index (χ2n) is 5.35. The summed E-state index contributed by atoms with van der Waals surface area (Å²) in [6.45, 7) is 1.14. The molecule has 0 radical (unpaired) electrons. The van der Waals surface area contributed by atoms with Crippen LogP contribution in [0.4, 0.5) is 0 Å². The van der Waals surface area contributed by atoms with Crippen molar-refractivity contribution in [2.24, 2.45) is 0 Å². The smallest absolute Gasteiger partial charge is 0.0605 e. The molecule has 1 N–H and O–H groups in total. The summed E-state index contributed by atoms with van der Waals surface area (Å²) in [5, 5.41) is 3.70. The summed E-state index contributed by atoms with van der Waals surface area (Å²) in [4.78, 5) is 4.57. The fraction of sp³-hybridized carbons (Fsp3) is 0.688. The maximum atomic E-state index is 4.57. The van der Waals surface area contributed by atoms with Crippen molar-refractivity contribution in [2.75, 3.05) is 18.6 Å². The third-order valence-corrected chi connectivity index (χ3v) is 4.56. The molecule has 1 unspecified atom stereocenters. The normalized spacial score (nSPS) is 18.3. The van der Waals surface area contributed by atoms with Gasteiger partial charge in [-0.15, -0.1) is 0 Å². The van der Waals surface area contributed by atoms with E-state index in [2.05, 4.69) is 28.7 Å². The Morgan fingerprint density at radius 3 is 3.11 bits per heavy atom. The Morgan fingerprint density at radius 2 is 2.21 bits per heavy atom. The number of rotatable bonds is 8. The van der Waals surface area contributed by atoms with Crippen LogP contribution < -0.4 is 5.32 Å². The average molecular weight is 278 g/mol. The molecule has 1 aliphatic rings. The van der Waals surface area contributed by atoms with Crippen LogP contribution in [0.3, 0.4) is 0 Å². The number of nitrogens with zero attached hydrogens (tertiary/aromatic N) is 1. The monoisotopic (exact) mass is 278 g/mol. The van der Waals surface area contributed by atoms with Crippen LogP contribution in [-0.2, 0) is 6.42 Å². The van der Waals surface area contributed by atoms with E-state index in [1.165, 1.54) is 62.0 Å². The molecular weight excluding hydrogens is 252 g/mol. The van der Waals surface area contributed by atoms with Crippen molar-refractivity contribution in [1.29, 1.82) is 0 Å². The predicted octanol–water partition coefficient (Wildman–Crippen LogP) is 3.97. The van der Waals surface area contributed by atoms with Crippen LogP contribution in [-0.4, -0.2) is 23.5 Å². The third-order valence-electron chi connectivity index (χ3n) is 3.86. The summed E-state index contributed by atoms with van der Waals surface area (Å²) in [7, 11) is 0. The van der Waals surface area contributed by atoms with E-state index >= 15 is 0 Å². The summed E-state index contributed by atoms with van der Waals surface area (Å²) in [5.74, 6) is 1.31. The minimum atomic E-state index is 0.496. The fourth-order valence-electron chi connectivity index (χ4n) is 2.81. The zero-order valence-corrected chi connectivity index (χ0v) is 12.8. The number of nitrogens with one attached hydrogen (secondary N) is 1. The second kappa shape index (κ2) is 8.60. The summed E-state index contributed by atoms with van der Waals surface area (Å²) < 4.78 is 0. The van der Waals surface area contributed by atoms with Crippen molar-refractivity contribution in [3.8, 4) is 0 Å². The van der Waals surface area contributed by atoms with Gasteiger partial charge in [0.15, 0.2) is 0 Å². The van der Waals surface area contributed by atoms with Crippen LogP contribution in [0, 0.1) is 0 Å². The number of aromatic nitrogens is 1. The fourth-order valence-corrected chi connectivity index (χ4v) is 3.30. The highest BCUT2D eigenvalue weighted by Crippen LogP contribution is 2.27. The molecule has 0 saturated heterocycles. The Bertz CT molecular complexity index is 368. The summed E-state index contributed by atoms with van der Waals surface area (Å²) in [5.41, 5.74) is 2.75. The Kier molecular flexibility index (Phi) is 6.72. The number of thioether (sulfide) groups is 1. The average Bonchev–Trinajstić information content (AvgIpc) is 2.46. The van der Waals surface area contributed by atoms with Crippen LogP contribution in [0.1, 0.15) is 55.8 Å². The van der Waals surface area contributed by atoms with Gasteiger partial charge in [0, 0.05) is 12.2 Å². The zero-order valence-electron chi connectivity index (χ0n) is 12.0. The quantitative estimate of drug-likeness (QED) is 0.728. The molecule has 2 rings (SSSR count). The van der Waals surface area contributed by atoms with E-state index in [0.717, 1.165) is 6.54 Å². The van der Waals surface area contributed by atoms with Gasteiger partial charge < -0.3 is 5.32 Å². The van der Waals surface area contributed by atoms with E-state index in [0.29, 0.717) is 6.04 Å². The van der Waals surface area contributed by atoms with Crippen LogP contribution in [0.5, 0.6) is 0 Å². The molecule has 0 aliphatic heterocycles. The van der Waals surface area contributed by atoms with Crippen LogP contribution in [0.15, 0.2) is 18.3 Å². The van der Waals surface area contributed by atoms with Gasteiger partial charge in [-0.3, -0.25) is 4.98 Å². The lowest BCUT2D eigenvalue weighted by Gasteiger charge is -2.25. The molecule has 1 heterocycles. The first kappa shape index (κ1) is 14.9. The summed E-state index contributed by atoms with van der Waals surface area (Å²) in [6.07, 6.45) is 13.3. The number of pyridine rings is 1. The highest BCUT2D eigenvalue weighted by molar-refractivity contribution is 7.98. The van der Waals surface area contributed by atoms with Crippen molar-refractivity contribution in [3.63, 3.8) is 0 Å². The van der Waals surface area contributed by atoms with Crippen LogP contribution in [0.2, 0.25) is 0 Å². The van der Waals surface area contributed by atoms with Crippen molar-refractivity contribution >= 4 is 11.8 Å². The molecule has 106 valence electrons. The van der Waals surface area contributed by atoms with Gasteiger partial charge in [-0.1, -0.05) is 18.9 Å². The van der Waals surface area contributed by atoms with E-state index in [1.807, 2.05) is 18.0 Å². The highest BCUT2D eigenvalue weighted by Gasteiger charge is 2.20. The third kappa shape index (κ3) is 4.81. The van der Waals surface area contributed by atoms with Gasteiger partial charge in [0.25, 0.3) is 0 Å². The highest BCUT2D eigenvalue weighted by atomic mass is 32.2. The molecule has 3 heteroatoms. The standard InChI is InChI=1S/C16H26N2S/c1-19-13-5-3-2-4-11-17-15-10-6-8-14-9-7-12-18-16(14)15/h7,9,12,15,17H,2-6,8,10-11,13H2,1H3. The number of unbranched alkanes of at least 4 members (excludes halogenated alkanes) is 3. The molecule has 0 bridgehead atoms. The lowest BCUT2D eigenvalue weighted by Crippen LogP contribution is -2.27. The first-order chi connectivity index (χ1) is 9.42. The maximum Gasteiger partial charge on any atom is 0.0605 e. The van der Waals surface area contributed by atoms with Gasteiger partial charge >= 0.3 is 0 Å². The minimum absolute atomic E-state index is 0.496. The van der Waals surface area contributed by atoms with Gasteiger partial charge in [-0.25, -0.2) is 0 Å². The molecular formula is C16H26N2S. The summed E-state index contributed by atoms with van der Waals surface area (Å²) >= 11 is 1.96. The van der Waals surface area contributed by atoms with Crippen molar-refractivity contribution in [2.45, 2.75) is 51.0 Å². The Hall–Kier alpha value is -0.540. The predicted molar refractivity (Wildman–Crippen MR) is 84.8 cm³/mol. The van der Waals surface area contributed by atoms with Crippen LogP contribution in [0.25, 0.3) is 0 Å². The Labute approximate surface area is 121 Å². The molecule has 1 aromatic rings. The molecule has 19 heavy (non-hydrogen) atoms. The van der Waals surface area contributed by atoms with E-state index in [-0.39, 0.29) is 0 Å². The molecule has 1 aliphatic carbocycles. The first-order valence-electron chi connectivity index (χ1n) is 7.58. The number of hydrogen-bond donors (Lipinski definition) is 1. The maximum absolute atomic E-state index is 4.57. The molecule has 0 amide bonds. The lowest BCUT2D eigenvalue weighted by atomic mass is 9.92. The lowest BCUT2D eigenvalue weighted by molar-refractivity contribution is 0.439. The van der Waals surface area contributed by atoms with Gasteiger partial charge in [0.2, 0.25) is 0 Å². The molecule has 1 aromatic heterocycles. The molecule has 0 spiro atoms. The SMILES string of the molecule is CSCCCCCCNC1CCCc2cccnc21. The Morgan fingerprint density at radius 1 is 1.32 bits per heavy atom. The van der Waals surface area contributed by atoms with E-state index < -0.39 is 0 Å². The van der Waals surface area contributed by atoms with Crippen molar-refractivity contribution in [1.82, 2.24) is 10.3 Å². The molecule has 0 aromatic carbocycles. The van der Waals surface area contributed by atoms with Crippen molar-refractivity contribution < 1.29 is 0 Å². The largest absolute Gasteiger partial charge is 0.309 e. The number of aryl methyl sites for hydroxylation is 1. The zero-order chi connectivity index (χ0) is 13.3. The number of fused-ring (bicyclic) bond motifs is 1. The Balaban J connectivity index is 1.67. The number of hydrogen-bond acceptors (Lipinski definition) is 3. The van der Waals surface area contributed by atoms with Gasteiger partial charge in [0.1, 0.15) is 0 Å². The molecule has 0 fully saturated rings. The molecule has 1 atom stereocenters. The van der Waals surface area contributed by atoms with E-state index in [1.54, 1.807) is 0 Å². The van der Waals surface area contributed by atoms with Crippen LogP contribution >= 0.6 is 11.8 Å². The van der Waals surface area contributed by atoms with Gasteiger partial charge in [-0.05, 0) is 62.3 Å².